The third-order valence-corrected chi connectivity index (χ3v) is 3.71. The summed E-state index contributed by atoms with van der Waals surface area (Å²) in [5.74, 6) is -2.25. The van der Waals surface area contributed by atoms with Crippen LogP contribution in [0.25, 0.3) is 0 Å². The molecule has 1 aliphatic heterocycles. The predicted molar refractivity (Wildman–Crippen MR) is 42.4 cm³/mol. The molecule has 1 fully saturated rings. The first kappa shape index (κ1) is 9.47. The van der Waals surface area contributed by atoms with Gasteiger partial charge in [0, 0.05) is 6.04 Å². The molecule has 5 nitrogen and oxygen atoms in total. The third-order valence-electron chi connectivity index (χ3n) is 1.86. The third kappa shape index (κ3) is 2.18. The highest BCUT2D eigenvalue weighted by Gasteiger charge is 2.33. The zero-order valence-electron chi connectivity index (χ0n) is 6.43. The van der Waals surface area contributed by atoms with Crippen LogP contribution in [0.1, 0.15) is 6.42 Å². The second kappa shape index (κ2) is 3.02. The van der Waals surface area contributed by atoms with E-state index in [9.17, 15) is 13.2 Å². The van der Waals surface area contributed by atoms with Crippen LogP contribution in [-0.4, -0.2) is 37.0 Å². The van der Waals surface area contributed by atoms with E-state index in [1.165, 1.54) is 0 Å². The minimum absolute atomic E-state index is 0.0865. The van der Waals surface area contributed by atoms with Crippen LogP contribution >= 0.6 is 0 Å². The molecular formula is C6H11NO4S. The molecule has 1 aliphatic rings. The van der Waals surface area contributed by atoms with Gasteiger partial charge in [0.1, 0.15) is 0 Å². The Hall–Kier alpha value is -0.620. The molecule has 3 N–H and O–H groups in total. The van der Waals surface area contributed by atoms with E-state index in [2.05, 4.69) is 0 Å². The summed E-state index contributed by atoms with van der Waals surface area (Å²) in [6.45, 7) is 0. The summed E-state index contributed by atoms with van der Waals surface area (Å²) < 4.78 is 22.1. The van der Waals surface area contributed by atoms with Gasteiger partial charge in [-0.05, 0) is 6.42 Å². The monoisotopic (exact) mass is 193 g/mol. The van der Waals surface area contributed by atoms with E-state index in [1.807, 2.05) is 0 Å². The van der Waals surface area contributed by atoms with Gasteiger partial charge < -0.3 is 10.8 Å². The van der Waals surface area contributed by atoms with Gasteiger partial charge in [-0.3, -0.25) is 4.79 Å². The van der Waals surface area contributed by atoms with Crippen molar-refractivity contribution in [3.8, 4) is 0 Å². The van der Waals surface area contributed by atoms with Gasteiger partial charge in [0.2, 0.25) is 0 Å². The van der Waals surface area contributed by atoms with E-state index in [-0.39, 0.29) is 17.9 Å². The molecule has 0 amide bonds. The highest BCUT2D eigenvalue weighted by atomic mass is 32.2. The number of nitrogens with two attached hydrogens (primary N) is 1. The lowest BCUT2D eigenvalue weighted by Crippen LogP contribution is -2.42. The zero-order valence-corrected chi connectivity index (χ0v) is 7.25. The fourth-order valence-electron chi connectivity index (χ4n) is 1.37. The molecule has 1 heterocycles. The van der Waals surface area contributed by atoms with Crippen LogP contribution in [-0.2, 0) is 14.6 Å². The van der Waals surface area contributed by atoms with Crippen molar-refractivity contribution in [1.29, 1.82) is 0 Å². The molecule has 1 saturated heterocycles. The van der Waals surface area contributed by atoms with Crippen LogP contribution in [0.3, 0.4) is 0 Å². The number of aliphatic carboxylic acids is 1. The van der Waals surface area contributed by atoms with Gasteiger partial charge in [-0.25, -0.2) is 8.42 Å². The maximum atomic E-state index is 11.0. The van der Waals surface area contributed by atoms with E-state index >= 15 is 0 Å². The topological polar surface area (TPSA) is 97.5 Å². The summed E-state index contributed by atoms with van der Waals surface area (Å²) in [5.41, 5.74) is 5.40. The van der Waals surface area contributed by atoms with Crippen LogP contribution in [0, 0.1) is 5.92 Å². The standard InChI is InChI=1S/C6H11NO4S/c7-5-1-4(6(8)9)2-12(10,11)3-5/h4-5H,1-3,7H2,(H,8,9). The number of hydrogen-bond donors (Lipinski definition) is 2. The Labute approximate surface area is 70.5 Å². The van der Waals surface area contributed by atoms with Crippen molar-refractivity contribution in [3.05, 3.63) is 0 Å². The maximum Gasteiger partial charge on any atom is 0.307 e. The van der Waals surface area contributed by atoms with Crippen LogP contribution in [0.4, 0.5) is 0 Å². The molecule has 0 spiro atoms. The van der Waals surface area contributed by atoms with Crippen molar-refractivity contribution < 1.29 is 18.3 Å². The molecule has 0 saturated carbocycles. The molecule has 0 aromatic carbocycles. The summed E-state index contributed by atoms with van der Waals surface area (Å²) in [6, 6.07) is -0.523. The molecule has 0 aliphatic carbocycles. The molecule has 2 unspecified atom stereocenters. The first-order valence-corrected chi connectivity index (χ1v) is 5.41. The first-order valence-electron chi connectivity index (χ1n) is 3.59. The summed E-state index contributed by atoms with van der Waals surface area (Å²) in [4.78, 5) is 10.5. The minimum atomic E-state index is -3.23. The van der Waals surface area contributed by atoms with Crippen molar-refractivity contribution in [3.63, 3.8) is 0 Å². The summed E-state index contributed by atoms with van der Waals surface area (Å²) in [7, 11) is -3.23. The first-order chi connectivity index (χ1) is 5.41. The molecule has 0 aromatic rings. The fraction of sp³-hybridized carbons (Fsp3) is 0.833. The van der Waals surface area contributed by atoms with Crippen molar-refractivity contribution in [2.45, 2.75) is 12.5 Å². The maximum absolute atomic E-state index is 11.0. The van der Waals surface area contributed by atoms with E-state index in [4.69, 9.17) is 10.8 Å². The van der Waals surface area contributed by atoms with Gasteiger partial charge in [-0.1, -0.05) is 0 Å². The van der Waals surface area contributed by atoms with Crippen LogP contribution in [0.15, 0.2) is 0 Å². The van der Waals surface area contributed by atoms with Crippen molar-refractivity contribution >= 4 is 15.8 Å². The van der Waals surface area contributed by atoms with Crippen LogP contribution in [0.5, 0.6) is 0 Å². The average Bonchev–Trinajstić information content (AvgIpc) is 1.82. The summed E-state index contributed by atoms with van der Waals surface area (Å²) >= 11 is 0. The highest BCUT2D eigenvalue weighted by Crippen LogP contribution is 2.17. The second-order valence-electron chi connectivity index (χ2n) is 3.11. The van der Waals surface area contributed by atoms with Gasteiger partial charge in [-0.15, -0.1) is 0 Å². The SMILES string of the molecule is NC1CC(C(=O)O)CS(=O)(=O)C1. The smallest absolute Gasteiger partial charge is 0.307 e. The number of carbonyl (C=O) groups is 1. The molecule has 70 valence electrons. The Morgan fingerprint density at radius 3 is 2.42 bits per heavy atom. The minimum Gasteiger partial charge on any atom is -0.481 e. The van der Waals surface area contributed by atoms with E-state index in [1.54, 1.807) is 0 Å². The van der Waals surface area contributed by atoms with Crippen LogP contribution in [0.2, 0.25) is 0 Å². The highest BCUT2D eigenvalue weighted by molar-refractivity contribution is 7.91. The number of hydrogen-bond acceptors (Lipinski definition) is 4. The second-order valence-corrected chi connectivity index (χ2v) is 5.26. The lowest BCUT2D eigenvalue weighted by Gasteiger charge is -2.23. The molecule has 6 heteroatoms. The Balaban J connectivity index is 2.77. The number of sulfone groups is 1. The molecular weight excluding hydrogens is 182 g/mol. The number of carboxylic acid groups (broad SMARTS) is 1. The van der Waals surface area contributed by atoms with Gasteiger partial charge >= 0.3 is 5.97 Å². The quantitative estimate of drug-likeness (QED) is 0.547. The van der Waals surface area contributed by atoms with Gasteiger partial charge in [0.15, 0.2) is 9.84 Å². The Kier molecular flexibility index (Phi) is 2.39. The molecule has 0 aromatic heterocycles. The van der Waals surface area contributed by atoms with Gasteiger partial charge in [-0.2, -0.15) is 0 Å². The van der Waals surface area contributed by atoms with E-state index in [0.29, 0.717) is 0 Å². The summed E-state index contributed by atoms with van der Waals surface area (Å²) in [5, 5.41) is 8.57. The lowest BCUT2D eigenvalue weighted by atomic mass is 10.0. The molecule has 0 bridgehead atoms. The summed E-state index contributed by atoms with van der Waals surface area (Å²) in [6.07, 6.45) is 0.258. The van der Waals surface area contributed by atoms with Crippen molar-refractivity contribution in [1.82, 2.24) is 0 Å². The fourth-order valence-corrected chi connectivity index (χ4v) is 3.19. The van der Waals surface area contributed by atoms with Gasteiger partial charge in [0.05, 0.1) is 17.4 Å². The van der Waals surface area contributed by atoms with Crippen molar-refractivity contribution in [2.75, 3.05) is 11.5 Å². The average molecular weight is 193 g/mol. The Morgan fingerprint density at radius 1 is 1.42 bits per heavy atom. The van der Waals surface area contributed by atoms with E-state index in [0.717, 1.165) is 0 Å². The molecule has 0 radical (unpaired) electrons. The van der Waals surface area contributed by atoms with E-state index < -0.39 is 27.8 Å². The van der Waals surface area contributed by atoms with Crippen LogP contribution < -0.4 is 5.73 Å². The Morgan fingerprint density at radius 2 is 2.00 bits per heavy atom. The van der Waals surface area contributed by atoms with Gasteiger partial charge in [0.25, 0.3) is 0 Å². The van der Waals surface area contributed by atoms with Crippen molar-refractivity contribution in [2.24, 2.45) is 11.7 Å². The zero-order chi connectivity index (χ0) is 9.35. The normalized spacial score (nSPS) is 34.4. The number of carboxylic acids is 1. The largest absolute Gasteiger partial charge is 0.481 e. The Bertz CT molecular complexity index is 284. The number of rotatable bonds is 1. The molecule has 1 rings (SSSR count). The predicted octanol–water partition coefficient (Wildman–Crippen LogP) is -1.17. The lowest BCUT2D eigenvalue weighted by molar-refractivity contribution is -0.141. The molecule has 2 atom stereocenters. The molecule has 12 heavy (non-hydrogen) atoms.